The van der Waals surface area contributed by atoms with Gasteiger partial charge < -0.3 is 10.3 Å². The van der Waals surface area contributed by atoms with E-state index in [4.69, 9.17) is 0 Å². The van der Waals surface area contributed by atoms with E-state index >= 15 is 0 Å². The van der Waals surface area contributed by atoms with Crippen LogP contribution < -0.4 is 10.9 Å². The van der Waals surface area contributed by atoms with Gasteiger partial charge in [-0.05, 0) is 30.0 Å². The first-order valence-corrected chi connectivity index (χ1v) is 6.64. The van der Waals surface area contributed by atoms with Crippen molar-refractivity contribution in [2.45, 2.75) is 13.5 Å². The SMILES string of the molecule is Cc1cccc(CNc2cc3ccccc3c(=O)[nH]2)c1. The number of hydrogen-bond acceptors (Lipinski definition) is 2. The van der Waals surface area contributed by atoms with Crippen LogP contribution in [0.15, 0.2) is 59.4 Å². The summed E-state index contributed by atoms with van der Waals surface area (Å²) >= 11 is 0. The average Bonchev–Trinajstić information content (AvgIpc) is 2.45. The van der Waals surface area contributed by atoms with Crippen molar-refractivity contribution in [1.82, 2.24) is 4.98 Å². The Labute approximate surface area is 117 Å². The minimum atomic E-state index is -0.0603. The van der Waals surface area contributed by atoms with Gasteiger partial charge in [-0.25, -0.2) is 0 Å². The van der Waals surface area contributed by atoms with Gasteiger partial charge in [-0.2, -0.15) is 0 Å². The van der Waals surface area contributed by atoms with Crippen molar-refractivity contribution in [1.29, 1.82) is 0 Å². The van der Waals surface area contributed by atoms with Crippen LogP contribution in [-0.4, -0.2) is 4.98 Å². The minimum absolute atomic E-state index is 0.0603. The lowest BCUT2D eigenvalue weighted by Gasteiger charge is -2.08. The molecule has 100 valence electrons. The topological polar surface area (TPSA) is 44.9 Å². The molecule has 0 amide bonds. The molecular formula is C17H16N2O. The summed E-state index contributed by atoms with van der Waals surface area (Å²) in [7, 11) is 0. The molecule has 3 rings (SSSR count). The number of benzene rings is 2. The number of aryl methyl sites for hydroxylation is 1. The van der Waals surface area contributed by atoms with Crippen LogP contribution in [0, 0.1) is 6.92 Å². The largest absolute Gasteiger partial charge is 0.367 e. The van der Waals surface area contributed by atoms with Crippen LogP contribution in [-0.2, 0) is 6.54 Å². The Hall–Kier alpha value is -2.55. The summed E-state index contributed by atoms with van der Waals surface area (Å²) in [5, 5.41) is 4.93. The monoisotopic (exact) mass is 264 g/mol. The van der Waals surface area contributed by atoms with Crippen LogP contribution in [0.2, 0.25) is 0 Å². The van der Waals surface area contributed by atoms with Crippen molar-refractivity contribution in [3.05, 3.63) is 76.1 Å². The lowest BCUT2D eigenvalue weighted by atomic mass is 10.1. The van der Waals surface area contributed by atoms with Crippen molar-refractivity contribution in [2.75, 3.05) is 5.32 Å². The van der Waals surface area contributed by atoms with Gasteiger partial charge in [0, 0.05) is 11.9 Å². The summed E-state index contributed by atoms with van der Waals surface area (Å²) in [6.45, 7) is 2.76. The van der Waals surface area contributed by atoms with Crippen LogP contribution in [0.1, 0.15) is 11.1 Å². The second-order valence-corrected chi connectivity index (χ2v) is 4.94. The third kappa shape index (κ3) is 2.57. The third-order valence-corrected chi connectivity index (χ3v) is 3.32. The molecule has 0 unspecified atom stereocenters. The molecule has 3 nitrogen and oxygen atoms in total. The van der Waals surface area contributed by atoms with E-state index in [0.717, 1.165) is 11.2 Å². The van der Waals surface area contributed by atoms with Gasteiger partial charge in [-0.3, -0.25) is 4.79 Å². The first kappa shape index (κ1) is 12.5. The highest BCUT2D eigenvalue weighted by molar-refractivity contribution is 5.83. The summed E-state index contributed by atoms with van der Waals surface area (Å²) < 4.78 is 0. The van der Waals surface area contributed by atoms with Crippen molar-refractivity contribution in [3.8, 4) is 0 Å². The molecule has 0 saturated carbocycles. The molecule has 0 saturated heterocycles. The van der Waals surface area contributed by atoms with Crippen LogP contribution in [0.5, 0.6) is 0 Å². The third-order valence-electron chi connectivity index (χ3n) is 3.32. The van der Waals surface area contributed by atoms with Gasteiger partial charge in [0.05, 0.1) is 0 Å². The Balaban J connectivity index is 1.86. The van der Waals surface area contributed by atoms with Gasteiger partial charge in [0.2, 0.25) is 0 Å². The number of fused-ring (bicyclic) bond motifs is 1. The smallest absolute Gasteiger partial charge is 0.257 e. The highest BCUT2D eigenvalue weighted by Crippen LogP contribution is 2.13. The van der Waals surface area contributed by atoms with Crippen LogP contribution in [0.25, 0.3) is 10.8 Å². The predicted molar refractivity (Wildman–Crippen MR) is 83.1 cm³/mol. The normalized spacial score (nSPS) is 10.7. The molecule has 0 spiro atoms. The highest BCUT2D eigenvalue weighted by atomic mass is 16.1. The molecule has 20 heavy (non-hydrogen) atoms. The summed E-state index contributed by atoms with van der Waals surface area (Å²) in [4.78, 5) is 14.8. The molecule has 0 aliphatic carbocycles. The van der Waals surface area contributed by atoms with Gasteiger partial charge >= 0.3 is 0 Å². The summed E-state index contributed by atoms with van der Waals surface area (Å²) in [6.07, 6.45) is 0. The number of rotatable bonds is 3. The Kier molecular flexibility index (Phi) is 3.25. The van der Waals surface area contributed by atoms with E-state index in [9.17, 15) is 4.79 Å². The van der Waals surface area contributed by atoms with E-state index in [-0.39, 0.29) is 5.56 Å². The molecule has 0 aliphatic rings. The van der Waals surface area contributed by atoms with E-state index in [1.54, 1.807) is 0 Å². The van der Waals surface area contributed by atoms with Crippen LogP contribution in [0.3, 0.4) is 0 Å². The molecule has 3 aromatic rings. The van der Waals surface area contributed by atoms with Gasteiger partial charge in [0.1, 0.15) is 5.82 Å². The maximum atomic E-state index is 12.0. The molecule has 0 bridgehead atoms. The zero-order valence-corrected chi connectivity index (χ0v) is 11.3. The average molecular weight is 264 g/mol. The zero-order chi connectivity index (χ0) is 13.9. The highest BCUT2D eigenvalue weighted by Gasteiger charge is 2.01. The molecule has 3 heteroatoms. The zero-order valence-electron chi connectivity index (χ0n) is 11.3. The first-order valence-electron chi connectivity index (χ1n) is 6.64. The predicted octanol–water partition coefficient (Wildman–Crippen LogP) is 3.45. The fourth-order valence-electron chi connectivity index (χ4n) is 2.33. The van der Waals surface area contributed by atoms with Gasteiger partial charge in [0.25, 0.3) is 5.56 Å². The minimum Gasteiger partial charge on any atom is -0.367 e. The number of aromatic amines is 1. The summed E-state index contributed by atoms with van der Waals surface area (Å²) in [5.41, 5.74) is 2.37. The fraction of sp³-hybridized carbons (Fsp3) is 0.118. The van der Waals surface area contributed by atoms with E-state index in [1.165, 1.54) is 11.1 Å². The van der Waals surface area contributed by atoms with Crippen molar-refractivity contribution in [3.63, 3.8) is 0 Å². The molecule has 0 atom stereocenters. The lowest BCUT2D eigenvalue weighted by molar-refractivity contribution is 1.10. The quantitative estimate of drug-likeness (QED) is 0.761. The maximum absolute atomic E-state index is 12.0. The van der Waals surface area contributed by atoms with Crippen LogP contribution in [0.4, 0.5) is 5.82 Å². The molecule has 1 aromatic heterocycles. The number of H-pyrrole nitrogens is 1. The number of nitrogens with one attached hydrogen (secondary N) is 2. The second-order valence-electron chi connectivity index (χ2n) is 4.94. The fourth-order valence-corrected chi connectivity index (χ4v) is 2.33. The van der Waals surface area contributed by atoms with E-state index in [2.05, 4.69) is 35.4 Å². The van der Waals surface area contributed by atoms with E-state index in [1.807, 2.05) is 36.4 Å². The van der Waals surface area contributed by atoms with Crippen molar-refractivity contribution >= 4 is 16.6 Å². The van der Waals surface area contributed by atoms with Crippen molar-refractivity contribution in [2.24, 2.45) is 0 Å². The van der Waals surface area contributed by atoms with Gasteiger partial charge in [-0.15, -0.1) is 0 Å². The van der Waals surface area contributed by atoms with Crippen molar-refractivity contribution < 1.29 is 0 Å². The number of pyridine rings is 1. The Bertz CT molecular complexity index is 805. The van der Waals surface area contributed by atoms with Gasteiger partial charge in [0.15, 0.2) is 0 Å². The van der Waals surface area contributed by atoms with E-state index in [0.29, 0.717) is 11.9 Å². The van der Waals surface area contributed by atoms with Crippen LogP contribution >= 0.6 is 0 Å². The lowest BCUT2D eigenvalue weighted by Crippen LogP contribution is -2.10. The van der Waals surface area contributed by atoms with E-state index < -0.39 is 0 Å². The summed E-state index contributed by atoms with van der Waals surface area (Å²) in [6, 6.07) is 17.9. The Morgan fingerprint density at radius 1 is 1.05 bits per heavy atom. The standard InChI is InChI=1S/C17H16N2O/c1-12-5-4-6-13(9-12)11-18-16-10-14-7-2-3-8-15(14)17(20)19-16/h2-10H,11H2,1H3,(H2,18,19,20). The Morgan fingerprint density at radius 3 is 2.75 bits per heavy atom. The number of hydrogen-bond donors (Lipinski definition) is 2. The second kappa shape index (κ2) is 5.21. The molecule has 0 radical (unpaired) electrons. The first-order chi connectivity index (χ1) is 9.72. The number of aromatic nitrogens is 1. The maximum Gasteiger partial charge on any atom is 0.257 e. The molecule has 0 aliphatic heterocycles. The van der Waals surface area contributed by atoms with Gasteiger partial charge in [-0.1, -0.05) is 48.0 Å². The number of anilines is 1. The Morgan fingerprint density at radius 2 is 1.90 bits per heavy atom. The molecular weight excluding hydrogens is 248 g/mol. The molecule has 2 aromatic carbocycles. The molecule has 0 fully saturated rings. The molecule has 2 N–H and O–H groups in total. The molecule has 1 heterocycles. The summed E-state index contributed by atoms with van der Waals surface area (Å²) in [5.74, 6) is 0.746.